The third-order valence-corrected chi connectivity index (χ3v) is 4.07. The van der Waals surface area contributed by atoms with Crippen LogP contribution in [0.3, 0.4) is 0 Å². The molecule has 0 unspecified atom stereocenters. The van der Waals surface area contributed by atoms with Crippen LogP contribution in [0.1, 0.15) is 24.5 Å². The van der Waals surface area contributed by atoms with E-state index in [-0.39, 0.29) is 18.3 Å². The summed E-state index contributed by atoms with van der Waals surface area (Å²) in [4.78, 5) is 13.3. The molecule has 0 aliphatic carbocycles. The Balaban J connectivity index is 1.94. The smallest absolute Gasteiger partial charge is 0.231 e. The topological polar surface area (TPSA) is 97.8 Å². The molecule has 116 valence electrons. The highest BCUT2D eigenvalue weighted by atomic mass is 16.2. The second-order valence-corrected chi connectivity index (χ2v) is 5.77. The minimum absolute atomic E-state index is 0.0722. The minimum Gasteiger partial charge on any atom is -0.346 e. The number of carbonyl (C=O) groups is 1. The summed E-state index contributed by atoms with van der Waals surface area (Å²) >= 11 is 0. The first-order valence-corrected chi connectivity index (χ1v) is 7.12. The molecule has 2 N–H and O–H groups in total. The first-order valence-electron chi connectivity index (χ1n) is 7.12. The fourth-order valence-electron chi connectivity index (χ4n) is 2.58. The van der Waals surface area contributed by atoms with Crippen molar-refractivity contribution in [1.29, 1.82) is 10.7 Å². The molecule has 1 saturated heterocycles. The van der Waals surface area contributed by atoms with E-state index in [2.05, 4.69) is 16.5 Å². The molecular formula is C16H16N6O. The molecule has 1 atom stereocenters. The van der Waals surface area contributed by atoms with Crippen molar-refractivity contribution < 1.29 is 4.79 Å². The van der Waals surface area contributed by atoms with Crippen LogP contribution >= 0.6 is 0 Å². The molecule has 0 spiro atoms. The maximum Gasteiger partial charge on any atom is 0.231 e. The predicted molar refractivity (Wildman–Crippen MR) is 83.9 cm³/mol. The van der Waals surface area contributed by atoms with Gasteiger partial charge in [-0.2, -0.15) is 10.4 Å². The number of nitriles is 1. The standard InChI is InChI=1S/C16H16N6O/c1-16(7-14(23)21(2)15(18)20-16)12-9-19-22(10-12)13-5-3-4-11(6-13)8-17/h3-6,9-10H,7H2,1-2H3,(H2,18,20)/t16-/m0/s1. The van der Waals surface area contributed by atoms with Crippen molar-refractivity contribution in [1.82, 2.24) is 20.0 Å². The maximum absolute atomic E-state index is 12.0. The molecule has 23 heavy (non-hydrogen) atoms. The number of aromatic nitrogens is 2. The van der Waals surface area contributed by atoms with E-state index in [0.29, 0.717) is 5.56 Å². The van der Waals surface area contributed by atoms with Gasteiger partial charge in [-0.25, -0.2) is 4.68 Å². The first-order chi connectivity index (χ1) is 10.9. The van der Waals surface area contributed by atoms with Crippen LogP contribution < -0.4 is 5.32 Å². The van der Waals surface area contributed by atoms with Gasteiger partial charge in [0, 0.05) is 18.8 Å². The van der Waals surface area contributed by atoms with Gasteiger partial charge in [0.1, 0.15) is 0 Å². The molecule has 2 aromatic rings. The Hall–Kier alpha value is -3.14. The largest absolute Gasteiger partial charge is 0.346 e. The third kappa shape index (κ3) is 2.55. The van der Waals surface area contributed by atoms with Crippen molar-refractivity contribution in [2.45, 2.75) is 18.9 Å². The minimum atomic E-state index is -0.675. The normalized spacial score (nSPS) is 21.0. The number of hydrogen-bond acceptors (Lipinski definition) is 4. The Morgan fingerprint density at radius 1 is 1.48 bits per heavy atom. The summed E-state index contributed by atoms with van der Waals surface area (Å²) < 4.78 is 1.66. The van der Waals surface area contributed by atoms with Crippen molar-refractivity contribution >= 4 is 11.9 Å². The van der Waals surface area contributed by atoms with Crippen molar-refractivity contribution in [3.63, 3.8) is 0 Å². The maximum atomic E-state index is 12.0. The van der Waals surface area contributed by atoms with Crippen LogP contribution in [0.15, 0.2) is 36.7 Å². The predicted octanol–water partition coefficient (Wildman–Crippen LogP) is 1.35. The quantitative estimate of drug-likeness (QED) is 0.875. The van der Waals surface area contributed by atoms with Crippen LogP contribution in [-0.2, 0) is 10.3 Å². The lowest BCUT2D eigenvalue weighted by atomic mass is 9.89. The van der Waals surface area contributed by atoms with Gasteiger partial charge in [0.15, 0.2) is 5.96 Å². The number of benzene rings is 1. The Kier molecular flexibility index (Phi) is 3.37. The van der Waals surface area contributed by atoms with Crippen molar-refractivity contribution in [2.24, 2.45) is 0 Å². The molecule has 1 aromatic heterocycles. The van der Waals surface area contributed by atoms with Gasteiger partial charge in [0.25, 0.3) is 0 Å². The van der Waals surface area contributed by atoms with Gasteiger partial charge in [-0.05, 0) is 25.1 Å². The molecule has 0 radical (unpaired) electrons. The third-order valence-electron chi connectivity index (χ3n) is 4.07. The van der Waals surface area contributed by atoms with Crippen LogP contribution in [0.2, 0.25) is 0 Å². The molecule has 3 rings (SSSR count). The van der Waals surface area contributed by atoms with Gasteiger partial charge in [0.05, 0.1) is 35.5 Å². The van der Waals surface area contributed by atoms with Gasteiger partial charge in [0.2, 0.25) is 5.91 Å². The van der Waals surface area contributed by atoms with Gasteiger partial charge < -0.3 is 5.32 Å². The van der Waals surface area contributed by atoms with Crippen LogP contribution in [0, 0.1) is 16.7 Å². The van der Waals surface area contributed by atoms with Gasteiger partial charge in [-0.1, -0.05) is 6.07 Å². The van der Waals surface area contributed by atoms with E-state index in [1.165, 1.54) is 4.90 Å². The Morgan fingerprint density at radius 2 is 2.26 bits per heavy atom. The Morgan fingerprint density at radius 3 is 2.96 bits per heavy atom. The second-order valence-electron chi connectivity index (χ2n) is 5.77. The highest BCUT2D eigenvalue weighted by Crippen LogP contribution is 2.28. The van der Waals surface area contributed by atoms with E-state index in [0.717, 1.165) is 11.3 Å². The number of rotatable bonds is 2. The first kappa shape index (κ1) is 14.8. The van der Waals surface area contributed by atoms with Crippen molar-refractivity contribution in [2.75, 3.05) is 7.05 Å². The molecule has 0 bridgehead atoms. The molecule has 1 aliphatic heterocycles. The van der Waals surface area contributed by atoms with Crippen LogP contribution in [0.5, 0.6) is 0 Å². The molecular weight excluding hydrogens is 292 g/mol. The number of nitrogens with one attached hydrogen (secondary N) is 2. The summed E-state index contributed by atoms with van der Waals surface area (Å²) in [6.45, 7) is 1.87. The van der Waals surface area contributed by atoms with Gasteiger partial charge in [-0.3, -0.25) is 15.1 Å². The van der Waals surface area contributed by atoms with E-state index in [1.807, 2.05) is 19.2 Å². The summed E-state index contributed by atoms with van der Waals surface area (Å²) in [5, 5.41) is 24.3. The lowest BCUT2D eigenvalue weighted by Gasteiger charge is -2.38. The number of amides is 1. The van der Waals surface area contributed by atoms with E-state index in [9.17, 15) is 4.79 Å². The summed E-state index contributed by atoms with van der Waals surface area (Å²) in [7, 11) is 1.58. The highest BCUT2D eigenvalue weighted by Gasteiger charge is 2.38. The number of guanidine groups is 1. The average molecular weight is 308 g/mol. The zero-order valence-electron chi connectivity index (χ0n) is 12.9. The SMILES string of the molecule is CN1C(=N)N[C@](C)(c2cnn(-c3cccc(C#N)c3)c2)CC1=O. The number of carbonyl (C=O) groups excluding carboxylic acids is 1. The highest BCUT2D eigenvalue weighted by molar-refractivity contribution is 5.98. The molecule has 1 aliphatic rings. The summed E-state index contributed by atoms with van der Waals surface area (Å²) in [5.74, 6) is -0.0431. The second kappa shape index (κ2) is 5.25. The van der Waals surface area contributed by atoms with Gasteiger partial charge >= 0.3 is 0 Å². The summed E-state index contributed by atoms with van der Waals surface area (Å²) in [6, 6.07) is 9.23. The van der Waals surface area contributed by atoms with E-state index >= 15 is 0 Å². The Labute approximate surface area is 133 Å². The van der Waals surface area contributed by atoms with E-state index < -0.39 is 5.54 Å². The summed E-state index contributed by atoms with van der Waals surface area (Å²) in [5.41, 5.74) is 1.46. The fourth-order valence-corrected chi connectivity index (χ4v) is 2.58. The van der Waals surface area contributed by atoms with Crippen LogP contribution in [-0.4, -0.2) is 33.6 Å². The van der Waals surface area contributed by atoms with Gasteiger partial charge in [-0.15, -0.1) is 0 Å². The monoisotopic (exact) mass is 308 g/mol. The zero-order chi connectivity index (χ0) is 16.6. The fraction of sp³-hybridized carbons (Fsp3) is 0.250. The lowest BCUT2D eigenvalue weighted by Crippen LogP contribution is -2.58. The molecule has 1 aromatic carbocycles. The van der Waals surface area contributed by atoms with Crippen LogP contribution in [0.4, 0.5) is 0 Å². The van der Waals surface area contributed by atoms with Crippen molar-refractivity contribution in [3.8, 4) is 11.8 Å². The molecule has 7 nitrogen and oxygen atoms in total. The van der Waals surface area contributed by atoms with E-state index in [4.69, 9.17) is 10.7 Å². The molecule has 2 heterocycles. The lowest BCUT2D eigenvalue weighted by molar-refractivity contribution is -0.129. The molecule has 1 fully saturated rings. The number of hydrogen-bond donors (Lipinski definition) is 2. The molecule has 0 saturated carbocycles. The molecule has 7 heteroatoms. The zero-order valence-corrected chi connectivity index (χ0v) is 12.9. The Bertz CT molecular complexity index is 813. The molecule has 1 amide bonds. The number of nitrogens with zero attached hydrogens (tertiary/aromatic N) is 4. The summed E-state index contributed by atoms with van der Waals surface area (Å²) in [6.07, 6.45) is 3.74. The average Bonchev–Trinajstić information content (AvgIpc) is 3.03. The van der Waals surface area contributed by atoms with Crippen LogP contribution in [0.25, 0.3) is 5.69 Å². The van der Waals surface area contributed by atoms with E-state index in [1.54, 1.807) is 36.1 Å². The van der Waals surface area contributed by atoms with Crippen molar-refractivity contribution in [3.05, 3.63) is 47.8 Å².